The van der Waals surface area contributed by atoms with Crippen LogP contribution in [0.1, 0.15) is 18.4 Å². The molecule has 108 valence electrons. The van der Waals surface area contributed by atoms with Gasteiger partial charge in [-0.15, -0.1) is 0 Å². The molecule has 0 saturated carbocycles. The smallest absolute Gasteiger partial charge is 0.227 e. The highest BCUT2D eigenvalue weighted by atomic mass is 79.9. The van der Waals surface area contributed by atoms with Crippen molar-refractivity contribution in [3.05, 3.63) is 52.6 Å². The average Bonchev–Trinajstić information content (AvgIpc) is 2.93. The number of carbonyl (C=O) groups is 1. The first kappa shape index (κ1) is 14.1. The van der Waals surface area contributed by atoms with Gasteiger partial charge in [-0.05, 0) is 52.2 Å². The molecule has 0 radical (unpaired) electrons. The molecule has 0 atom stereocenters. The number of nitrogens with zero attached hydrogens (tertiary/aromatic N) is 2. The number of benzene rings is 1. The van der Waals surface area contributed by atoms with Gasteiger partial charge in [0.15, 0.2) is 0 Å². The number of rotatable bonds is 4. The lowest BCUT2D eigenvalue weighted by Gasteiger charge is -2.16. The Hall–Kier alpha value is -1.88. The summed E-state index contributed by atoms with van der Waals surface area (Å²) in [5, 5.41) is 3.28. The van der Waals surface area contributed by atoms with Gasteiger partial charge in [0.1, 0.15) is 5.82 Å². The van der Waals surface area contributed by atoms with Crippen molar-refractivity contribution in [1.29, 1.82) is 0 Å². The zero-order chi connectivity index (χ0) is 14.7. The first-order chi connectivity index (χ1) is 10.2. The number of halogens is 1. The van der Waals surface area contributed by atoms with Crippen LogP contribution in [0.4, 0.5) is 11.5 Å². The molecule has 0 aliphatic carbocycles. The molecular formula is C16H16BrN3O. The predicted molar refractivity (Wildman–Crippen MR) is 87.3 cm³/mol. The zero-order valence-corrected chi connectivity index (χ0v) is 13.1. The standard InChI is InChI=1S/C16H16BrN3O/c17-13-6-7-15(19-11-13)18-10-12-3-1-4-14(9-12)20-8-2-5-16(20)21/h1,3-4,6-7,9,11H,2,5,8,10H2,(H,18,19). The van der Waals surface area contributed by atoms with Crippen LogP contribution in [0.15, 0.2) is 47.1 Å². The van der Waals surface area contributed by atoms with E-state index in [0.29, 0.717) is 13.0 Å². The lowest BCUT2D eigenvalue weighted by molar-refractivity contribution is -0.117. The Labute approximate surface area is 132 Å². The summed E-state index contributed by atoms with van der Waals surface area (Å²) in [7, 11) is 0. The molecule has 1 aliphatic heterocycles. The van der Waals surface area contributed by atoms with E-state index in [0.717, 1.165) is 34.5 Å². The van der Waals surface area contributed by atoms with E-state index in [4.69, 9.17) is 0 Å². The van der Waals surface area contributed by atoms with E-state index >= 15 is 0 Å². The Morgan fingerprint density at radius 3 is 2.90 bits per heavy atom. The zero-order valence-electron chi connectivity index (χ0n) is 11.6. The second-order valence-electron chi connectivity index (χ2n) is 5.03. The third kappa shape index (κ3) is 3.42. The number of hydrogen-bond donors (Lipinski definition) is 1. The van der Waals surface area contributed by atoms with Crippen molar-refractivity contribution in [2.45, 2.75) is 19.4 Å². The van der Waals surface area contributed by atoms with Crippen LogP contribution in [0.3, 0.4) is 0 Å². The van der Waals surface area contributed by atoms with E-state index in [9.17, 15) is 4.79 Å². The third-order valence-electron chi connectivity index (χ3n) is 3.50. The minimum Gasteiger partial charge on any atom is -0.366 e. The minimum atomic E-state index is 0.217. The quantitative estimate of drug-likeness (QED) is 0.920. The van der Waals surface area contributed by atoms with Crippen LogP contribution in [0.25, 0.3) is 0 Å². The Balaban J connectivity index is 1.68. The van der Waals surface area contributed by atoms with Gasteiger partial charge in [-0.2, -0.15) is 0 Å². The van der Waals surface area contributed by atoms with Gasteiger partial charge in [-0.25, -0.2) is 4.98 Å². The Bertz CT molecular complexity index is 642. The summed E-state index contributed by atoms with van der Waals surface area (Å²) >= 11 is 3.37. The van der Waals surface area contributed by atoms with Gasteiger partial charge in [0, 0.05) is 35.9 Å². The van der Waals surface area contributed by atoms with Gasteiger partial charge in [0.2, 0.25) is 5.91 Å². The largest absolute Gasteiger partial charge is 0.366 e. The van der Waals surface area contributed by atoms with Crippen LogP contribution in [0.2, 0.25) is 0 Å². The maximum atomic E-state index is 11.8. The first-order valence-corrected chi connectivity index (χ1v) is 7.76. The third-order valence-corrected chi connectivity index (χ3v) is 3.97. The van der Waals surface area contributed by atoms with Gasteiger partial charge < -0.3 is 10.2 Å². The number of carbonyl (C=O) groups excluding carboxylic acids is 1. The SMILES string of the molecule is O=C1CCCN1c1cccc(CNc2ccc(Br)cn2)c1. The van der Waals surface area contributed by atoms with E-state index in [1.165, 1.54) is 0 Å². The summed E-state index contributed by atoms with van der Waals surface area (Å²) < 4.78 is 0.961. The fourth-order valence-electron chi connectivity index (χ4n) is 2.43. The van der Waals surface area contributed by atoms with Crippen LogP contribution in [-0.2, 0) is 11.3 Å². The molecule has 1 aliphatic rings. The number of hydrogen-bond acceptors (Lipinski definition) is 3. The first-order valence-electron chi connectivity index (χ1n) is 6.97. The van der Waals surface area contributed by atoms with Crippen molar-refractivity contribution in [2.75, 3.05) is 16.8 Å². The fraction of sp³-hybridized carbons (Fsp3) is 0.250. The van der Waals surface area contributed by atoms with Crippen molar-refractivity contribution in [1.82, 2.24) is 4.98 Å². The molecule has 4 nitrogen and oxygen atoms in total. The summed E-state index contributed by atoms with van der Waals surface area (Å²) in [5.74, 6) is 1.05. The summed E-state index contributed by atoms with van der Waals surface area (Å²) in [6, 6.07) is 12.0. The molecule has 1 aromatic heterocycles. The number of aromatic nitrogens is 1. The fourth-order valence-corrected chi connectivity index (χ4v) is 2.66. The summed E-state index contributed by atoms with van der Waals surface area (Å²) in [6.45, 7) is 1.51. The predicted octanol–water partition coefficient (Wildman–Crippen LogP) is 3.58. The molecule has 1 amide bonds. The van der Waals surface area contributed by atoms with Gasteiger partial charge in [-0.1, -0.05) is 12.1 Å². The van der Waals surface area contributed by atoms with Crippen LogP contribution >= 0.6 is 15.9 Å². The van der Waals surface area contributed by atoms with Gasteiger partial charge in [0.05, 0.1) is 0 Å². The molecule has 1 aromatic carbocycles. The van der Waals surface area contributed by atoms with Crippen molar-refractivity contribution < 1.29 is 4.79 Å². The lowest BCUT2D eigenvalue weighted by Crippen LogP contribution is -2.23. The van der Waals surface area contributed by atoms with E-state index in [1.807, 2.05) is 29.2 Å². The average molecular weight is 346 g/mol. The second kappa shape index (κ2) is 6.26. The topological polar surface area (TPSA) is 45.2 Å². The van der Waals surface area contributed by atoms with Crippen LogP contribution in [0.5, 0.6) is 0 Å². The summed E-state index contributed by atoms with van der Waals surface area (Å²) in [4.78, 5) is 17.9. The summed E-state index contributed by atoms with van der Waals surface area (Å²) in [5.41, 5.74) is 2.12. The molecule has 0 unspecified atom stereocenters. The monoisotopic (exact) mass is 345 g/mol. The van der Waals surface area contributed by atoms with Crippen molar-refractivity contribution >= 4 is 33.3 Å². The molecule has 1 saturated heterocycles. The second-order valence-corrected chi connectivity index (χ2v) is 5.95. The Morgan fingerprint density at radius 1 is 1.29 bits per heavy atom. The molecule has 1 N–H and O–H groups in total. The molecule has 5 heteroatoms. The Morgan fingerprint density at radius 2 is 2.19 bits per heavy atom. The molecule has 1 fully saturated rings. The van der Waals surface area contributed by atoms with Gasteiger partial charge in [0.25, 0.3) is 0 Å². The highest BCUT2D eigenvalue weighted by Crippen LogP contribution is 2.22. The lowest BCUT2D eigenvalue weighted by atomic mass is 10.2. The highest BCUT2D eigenvalue weighted by molar-refractivity contribution is 9.10. The molecular weight excluding hydrogens is 330 g/mol. The maximum Gasteiger partial charge on any atom is 0.227 e. The van der Waals surface area contributed by atoms with Crippen LogP contribution in [-0.4, -0.2) is 17.4 Å². The van der Waals surface area contributed by atoms with Crippen molar-refractivity contribution in [3.8, 4) is 0 Å². The molecule has 2 aromatic rings. The van der Waals surface area contributed by atoms with E-state index in [1.54, 1.807) is 6.20 Å². The van der Waals surface area contributed by atoms with Crippen molar-refractivity contribution in [2.24, 2.45) is 0 Å². The maximum absolute atomic E-state index is 11.8. The molecule has 2 heterocycles. The molecule has 0 bridgehead atoms. The number of anilines is 2. The van der Waals surface area contributed by atoms with Gasteiger partial charge >= 0.3 is 0 Å². The van der Waals surface area contributed by atoms with E-state index < -0.39 is 0 Å². The Kier molecular flexibility index (Phi) is 4.20. The van der Waals surface area contributed by atoms with Crippen LogP contribution < -0.4 is 10.2 Å². The molecule has 21 heavy (non-hydrogen) atoms. The number of pyridine rings is 1. The normalized spacial score (nSPS) is 14.5. The van der Waals surface area contributed by atoms with E-state index in [2.05, 4.69) is 38.4 Å². The summed E-state index contributed by atoms with van der Waals surface area (Å²) in [6.07, 6.45) is 3.37. The number of nitrogens with one attached hydrogen (secondary N) is 1. The van der Waals surface area contributed by atoms with Crippen molar-refractivity contribution in [3.63, 3.8) is 0 Å². The van der Waals surface area contributed by atoms with E-state index in [-0.39, 0.29) is 5.91 Å². The highest BCUT2D eigenvalue weighted by Gasteiger charge is 2.21. The number of amides is 1. The molecule has 0 spiro atoms. The molecule has 3 rings (SSSR count). The van der Waals surface area contributed by atoms with Crippen LogP contribution in [0, 0.1) is 0 Å². The van der Waals surface area contributed by atoms with Gasteiger partial charge in [-0.3, -0.25) is 4.79 Å². The minimum absolute atomic E-state index is 0.217.